The van der Waals surface area contributed by atoms with Gasteiger partial charge in [0, 0.05) is 12.6 Å². The van der Waals surface area contributed by atoms with E-state index in [2.05, 4.69) is 5.32 Å². The summed E-state index contributed by atoms with van der Waals surface area (Å²) in [7, 11) is 0. The first-order valence-corrected chi connectivity index (χ1v) is 5.39. The number of nitrogens with one attached hydrogen (secondary N) is 1. The molecule has 0 aliphatic rings. The van der Waals surface area contributed by atoms with Crippen molar-refractivity contribution < 1.29 is 9.31 Å². The third kappa shape index (κ3) is 2.63. The maximum atomic E-state index is 13.5. The lowest BCUT2D eigenvalue weighted by Crippen LogP contribution is -2.04. The average molecular weight is 246 g/mol. The highest BCUT2D eigenvalue weighted by atomic mass is 19.1. The Bertz CT molecular complexity index is 558. The van der Waals surface area contributed by atoms with E-state index < -0.39 is 10.7 Å². The first kappa shape index (κ1) is 12.0. The second kappa shape index (κ2) is 5.27. The Morgan fingerprint density at radius 1 is 1.11 bits per heavy atom. The lowest BCUT2D eigenvalue weighted by Gasteiger charge is -2.07. The molecule has 0 atom stereocenters. The molecule has 0 aromatic heterocycles. The summed E-state index contributed by atoms with van der Waals surface area (Å²) < 4.78 is 13.5. The van der Waals surface area contributed by atoms with E-state index in [0.29, 0.717) is 6.54 Å². The molecule has 0 radical (unpaired) electrons. The Labute approximate surface area is 103 Å². The number of para-hydroxylation sites is 1. The summed E-state index contributed by atoms with van der Waals surface area (Å²) in [5.41, 5.74) is 0.590. The van der Waals surface area contributed by atoms with E-state index in [1.54, 1.807) is 0 Å². The first-order chi connectivity index (χ1) is 8.68. The summed E-state index contributed by atoms with van der Waals surface area (Å²) in [6.07, 6.45) is 0. The molecule has 0 saturated carbocycles. The zero-order valence-corrected chi connectivity index (χ0v) is 9.47. The van der Waals surface area contributed by atoms with Crippen LogP contribution in [-0.2, 0) is 6.54 Å². The number of halogens is 1. The van der Waals surface area contributed by atoms with E-state index in [0.717, 1.165) is 5.56 Å². The number of nitro groups is 1. The van der Waals surface area contributed by atoms with E-state index in [1.807, 2.05) is 30.3 Å². The molecular weight excluding hydrogens is 235 g/mol. The van der Waals surface area contributed by atoms with Crippen molar-refractivity contribution in [2.45, 2.75) is 6.54 Å². The van der Waals surface area contributed by atoms with Gasteiger partial charge in [-0.25, -0.2) is 4.39 Å². The molecule has 0 fully saturated rings. The van der Waals surface area contributed by atoms with Gasteiger partial charge in [0.25, 0.3) is 5.69 Å². The fraction of sp³-hybridized carbons (Fsp3) is 0.0769. The molecule has 0 unspecified atom stereocenters. The van der Waals surface area contributed by atoms with Crippen molar-refractivity contribution in [3.8, 4) is 0 Å². The van der Waals surface area contributed by atoms with Gasteiger partial charge in [-0.3, -0.25) is 10.1 Å². The zero-order valence-electron chi connectivity index (χ0n) is 9.47. The standard InChI is InChI=1S/C13H11FN2O2/c14-11-7-4-8-12(16(17)18)13(11)15-9-10-5-2-1-3-6-10/h1-8,15H,9H2. The van der Waals surface area contributed by atoms with Gasteiger partial charge in [0.2, 0.25) is 0 Å². The van der Waals surface area contributed by atoms with Gasteiger partial charge in [-0.2, -0.15) is 0 Å². The number of hydrogen-bond donors (Lipinski definition) is 1. The average Bonchev–Trinajstić information content (AvgIpc) is 2.38. The first-order valence-electron chi connectivity index (χ1n) is 5.39. The lowest BCUT2D eigenvalue weighted by atomic mass is 10.2. The summed E-state index contributed by atoms with van der Waals surface area (Å²) in [6, 6.07) is 13.1. The molecule has 2 rings (SSSR count). The Morgan fingerprint density at radius 3 is 2.50 bits per heavy atom. The Hall–Kier alpha value is -2.43. The number of nitro benzene ring substituents is 1. The molecule has 0 aliphatic heterocycles. The van der Waals surface area contributed by atoms with Gasteiger partial charge in [-0.1, -0.05) is 36.4 Å². The van der Waals surface area contributed by atoms with Gasteiger partial charge in [-0.15, -0.1) is 0 Å². The van der Waals surface area contributed by atoms with Crippen molar-refractivity contribution in [1.82, 2.24) is 0 Å². The fourth-order valence-corrected chi connectivity index (χ4v) is 1.63. The molecule has 2 aromatic rings. The summed E-state index contributed by atoms with van der Waals surface area (Å²) in [6.45, 7) is 0.336. The smallest absolute Gasteiger partial charge is 0.295 e. The highest BCUT2D eigenvalue weighted by Gasteiger charge is 2.16. The third-order valence-corrected chi connectivity index (χ3v) is 2.50. The van der Waals surface area contributed by atoms with Crippen LogP contribution >= 0.6 is 0 Å². The number of rotatable bonds is 4. The van der Waals surface area contributed by atoms with Crippen LogP contribution in [0.15, 0.2) is 48.5 Å². The predicted octanol–water partition coefficient (Wildman–Crippen LogP) is 3.35. The van der Waals surface area contributed by atoms with Gasteiger partial charge < -0.3 is 5.32 Å². The monoisotopic (exact) mass is 246 g/mol. The fourth-order valence-electron chi connectivity index (χ4n) is 1.63. The van der Waals surface area contributed by atoms with Crippen LogP contribution in [0.25, 0.3) is 0 Å². The van der Waals surface area contributed by atoms with Crippen LogP contribution in [0.2, 0.25) is 0 Å². The van der Waals surface area contributed by atoms with Crippen LogP contribution in [0.1, 0.15) is 5.56 Å². The van der Waals surface area contributed by atoms with Crippen molar-refractivity contribution in [3.05, 3.63) is 70.0 Å². The molecule has 0 heterocycles. The van der Waals surface area contributed by atoms with E-state index >= 15 is 0 Å². The van der Waals surface area contributed by atoms with E-state index in [1.165, 1.54) is 18.2 Å². The topological polar surface area (TPSA) is 55.2 Å². The third-order valence-electron chi connectivity index (χ3n) is 2.50. The molecule has 92 valence electrons. The quantitative estimate of drug-likeness (QED) is 0.664. The lowest BCUT2D eigenvalue weighted by molar-refractivity contribution is -0.384. The number of benzene rings is 2. The SMILES string of the molecule is O=[N+]([O-])c1cccc(F)c1NCc1ccccc1. The number of nitrogens with zero attached hydrogens (tertiary/aromatic N) is 1. The molecule has 0 saturated heterocycles. The van der Waals surface area contributed by atoms with Crippen LogP contribution in [0.4, 0.5) is 15.8 Å². The minimum atomic E-state index is -0.625. The van der Waals surface area contributed by atoms with Crippen LogP contribution in [0.3, 0.4) is 0 Å². The minimum absolute atomic E-state index is 0.0775. The van der Waals surface area contributed by atoms with Crippen LogP contribution in [0, 0.1) is 15.9 Å². The van der Waals surface area contributed by atoms with E-state index in [9.17, 15) is 14.5 Å². The molecule has 0 amide bonds. The maximum Gasteiger partial charge on any atom is 0.295 e. The van der Waals surface area contributed by atoms with Crippen LogP contribution in [0.5, 0.6) is 0 Å². The second-order valence-electron chi connectivity index (χ2n) is 3.73. The van der Waals surface area contributed by atoms with Crippen molar-refractivity contribution in [2.75, 3.05) is 5.32 Å². The highest BCUT2D eigenvalue weighted by molar-refractivity contribution is 5.62. The summed E-state index contributed by atoms with van der Waals surface area (Å²) in [4.78, 5) is 10.2. The zero-order chi connectivity index (χ0) is 13.0. The largest absolute Gasteiger partial charge is 0.373 e. The Morgan fingerprint density at radius 2 is 1.83 bits per heavy atom. The van der Waals surface area contributed by atoms with Crippen LogP contribution in [-0.4, -0.2) is 4.92 Å². The van der Waals surface area contributed by atoms with Gasteiger partial charge in [0.15, 0.2) is 5.82 Å². The van der Waals surface area contributed by atoms with Gasteiger partial charge in [-0.05, 0) is 11.6 Å². The van der Waals surface area contributed by atoms with E-state index in [4.69, 9.17) is 0 Å². The Balaban J connectivity index is 2.21. The minimum Gasteiger partial charge on any atom is -0.373 e. The summed E-state index contributed by atoms with van der Waals surface area (Å²) in [5, 5.41) is 13.5. The molecule has 0 aliphatic carbocycles. The number of anilines is 1. The molecule has 0 spiro atoms. The molecule has 5 heteroatoms. The predicted molar refractivity (Wildman–Crippen MR) is 66.8 cm³/mol. The molecule has 2 aromatic carbocycles. The molecule has 4 nitrogen and oxygen atoms in total. The molecule has 18 heavy (non-hydrogen) atoms. The normalized spacial score (nSPS) is 10.1. The highest BCUT2D eigenvalue weighted by Crippen LogP contribution is 2.27. The summed E-state index contributed by atoms with van der Waals surface area (Å²) in [5.74, 6) is -0.625. The van der Waals surface area contributed by atoms with Crippen molar-refractivity contribution in [3.63, 3.8) is 0 Å². The van der Waals surface area contributed by atoms with Gasteiger partial charge in [0.05, 0.1) is 4.92 Å². The number of hydrogen-bond acceptors (Lipinski definition) is 3. The second-order valence-corrected chi connectivity index (χ2v) is 3.73. The van der Waals surface area contributed by atoms with Crippen molar-refractivity contribution >= 4 is 11.4 Å². The molecule has 1 N–H and O–H groups in total. The van der Waals surface area contributed by atoms with Crippen molar-refractivity contribution in [1.29, 1.82) is 0 Å². The van der Waals surface area contributed by atoms with Crippen LogP contribution < -0.4 is 5.32 Å². The molecule has 0 bridgehead atoms. The molecular formula is C13H11FN2O2. The Kier molecular flexibility index (Phi) is 3.52. The van der Waals surface area contributed by atoms with E-state index in [-0.39, 0.29) is 11.4 Å². The summed E-state index contributed by atoms with van der Waals surface area (Å²) >= 11 is 0. The van der Waals surface area contributed by atoms with Crippen molar-refractivity contribution in [2.24, 2.45) is 0 Å². The van der Waals surface area contributed by atoms with Gasteiger partial charge in [0.1, 0.15) is 5.69 Å². The maximum absolute atomic E-state index is 13.5. The van der Waals surface area contributed by atoms with Gasteiger partial charge >= 0.3 is 0 Å².